The van der Waals surface area contributed by atoms with E-state index in [9.17, 15) is 4.79 Å². The van der Waals surface area contributed by atoms with Crippen LogP contribution in [-0.2, 0) is 4.79 Å². The van der Waals surface area contributed by atoms with Gasteiger partial charge in [-0.05, 0) is 0 Å². The Kier molecular flexibility index (Phi) is 5.28. The third-order valence-corrected chi connectivity index (χ3v) is 2.20. The van der Waals surface area contributed by atoms with Gasteiger partial charge in [0.25, 0.3) is 0 Å². The Bertz CT molecular complexity index is 101. The van der Waals surface area contributed by atoms with E-state index in [4.69, 9.17) is 5.11 Å². The van der Waals surface area contributed by atoms with Gasteiger partial charge in [-0.3, -0.25) is 0 Å². The molecule has 0 bridgehead atoms. The van der Waals surface area contributed by atoms with Gasteiger partial charge in [0.15, 0.2) is 0 Å². The summed E-state index contributed by atoms with van der Waals surface area (Å²) in [6, 6.07) is -0.474. The molecule has 3 nitrogen and oxygen atoms in total. The van der Waals surface area contributed by atoms with Gasteiger partial charge in [-0.1, -0.05) is 0 Å². The molecule has 1 atom stereocenters. The summed E-state index contributed by atoms with van der Waals surface area (Å²) in [6.07, 6.45) is 0. The van der Waals surface area contributed by atoms with Crippen molar-refractivity contribution in [1.82, 2.24) is 4.33 Å². The summed E-state index contributed by atoms with van der Waals surface area (Å²) < 4.78 is 2.82. The summed E-state index contributed by atoms with van der Waals surface area (Å²) in [5, 5.41) is 8.40. The first-order valence-corrected chi connectivity index (χ1v) is 5.54. The third kappa shape index (κ3) is 3.81. The van der Waals surface area contributed by atoms with Gasteiger partial charge in [-0.25, -0.2) is 0 Å². The van der Waals surface area contributed by atoms with E-state index in [2.05, 4.69) is 17.0 Å². The van der Waals surface area contributed by atoms with Gasteiger partial charge in [0.05, 0.1) is 0 Å². The van der Waals surface area contributed by atoms with Crippen LogP contribution in [-0.4, -0.2) is 38.0 Å². The molecule has 0 saturated heterocycles. The number of carboxylic acids is 1. The van der Waals surface area contributed by atoms with Crippen molar-refractivity contribution in [2.75, 3.05) is 5.75 Å². The number of hydrogen-bond donors (Lipinski definition) is 3. The Hall–Kier alpha value is 0.299. The predicted octanol–water partition coefficient (Wildman–Crippen LogP) is -0.374. The zero-order valence-corrected chi connectivity index (χ0v) is 7.60. The fourth-order valence-corrected chi connectivity index (χ4v) is 1.82. The zero-order chi connectivity index (χ0) is 7.28. The van der Waals surface area contributed by atoms with Crippen LogP contribution < -0.4 is 4.33 Å². The van der Waals surface area contributed by atoms with Gasteiger partial charge in [-0.2, -0.15) is 0 Å². The van der Waals surface area contributed by atoms with Crippen molar-refractivity contribution in [2.24, 2.45) is 0 Å². The Balaban J connectivity index is 3.54. The number of nitrogens with one attached hydrogen (secondary N) is 1. The molecule has 0 aromatic heterocycles. The minimum atomic E-state index is -0.825. The Morgan fingerprint density at radius 3 is 2.67 bits per heavy atom. The summed E-state index contributed by atoms with van der Waals surface area (Å²) >= 11 is 4.06. The van der Waals surface area contributed by atoms with Crippen LogP contribution in [0, 0.1) is 0 Å². The Morgan fingerprint density at radius 2 is 2.56 bits per heavy atom. The fraction of sp³-hybridized carbons (Fsp3) is 0.750. The van der Waals surface area contributed by atoms with Crippen LogP contribution >= 0.6 is 12.6 Å². The van der Waals surface area contributed by atoms with Crippen molar-refractivity contribution >= 4 is 33.8 Å². The molecule has 0 aliphatic rings. The van der Waals surface area contributed by atoms with Crippen LogP contribution in [0.25, 0.3) is 0 Å². The van der Waals surface area contributed by atoms with Gasteiger partial charge in [0, 0.05) is 0 Å². The monoisotopic (exact) mass is 215 g/mol. The molecule has 9 heavy (non-hydrogen) atoms. The topological polar surface area (TPSA) is 49.3 Å². The number of aliphatic carboxylic acids is 1. The van der Waals surface area contributed by atoms with E-state index in [1.807, 2.05) is 5.82 Å². The molecule has 0 spiro atoms. The van der Waals surface area contributed by atoms with Crippen LogP contribution in [0.2, 0.25) is 5.82 Å². The molecule has 2 N–H and O–H groups in total. The molecule has 0 aromatic rings. The van der Waals surface area contributed by atoms with Gasteiger partial charge >= 0.3 is 65.6 Å². The summed E-state index contributed by atoms with van der Waals surface area (Å²) in [6.45, 7) is 0. The van der Waals surface area contributed by atoms with E-state index in [0.29, 0.717) is 5.75 Å². The maximum atomic E-state index is 10.2. The van der Waals surface area contributed by atoms with Gasteiger partial charge in [0.2, 0.25) is 0 Å². The summed E-state index contributed by atoms with van der Waals surface area (Å²) in [5.41, 5.74) is 0. The van der Waals surface area contributed by atoms with E-state index < -0.39 is 12.0 Å². The van der Waals surface area contributed by atoms with Gasteiger partial charge in [-0.15, -0.1) is 0 Å². The molecular formula is C4H9NO2SSe. The molecule has 0 heterocycles. The first-order valence-electron chi connectivity index (χ1n) is 2.34. The van der Waals surface area contributed by atoms with E-state index in [-0.39, 0.29) is 15.2 Å². The summed E-state index contributed by atoms with van der Waals surface area (Å²) in [5.74, 6) is 1.45. The molecule has 0 aliphatic carbocycles. The second-order valence-corrected chi connectivity index (χ2v) is 3.11. The molecule has 0 fully saturated rings. The first kappa shape index (κ1) is 9.30. The van der Waals surface area contributed by atoms with Crippen LogP contribution in [0.1, 0.15) is 0 Å². The molecule has 54 valence electrons. The van der Waals surface area contributed by atoms with Crippen molar-refractivity contribution in [1.29, 1.82) is 0 Å². The first-order chi connectivity index (χ1) is 4.22. The molecule has 0 radical (unpaired) electrons. The minimum absolute atomic E-state index is 0.200. The molecule has 5 heteroatoms. The van der Waals surface area contributed by atoms with E-state index in [1.54, 1.807) is 0 Å². The number of rotatable bonds is 4. The fourth-order valence-electron chi connectivity index (χ4n) is 0.308. The van der Waals surface area contributed by atoms with Crippen molar-refractivity contribution in [3.8, 4) is 0 Å². The molecule has 0 rings (SSSR count). The molecule has 0 saturated carbocycles. The SMILES string of the molecule is C[Se]N[C@H](CS)C(=O)O. The average Bonchev–Trinajstić information content (AvgIpc) is 1.82. The van der Waals surface area contributed by atoms with E-state index in [0.717, 1.165) is 0 Å². The molecule has 0 aliphatic heterocycles. The second-order valence-electron chi connectivity index (χ2n) is 1.40. The standard InChI is InChI=1S/C4H9NO2SSe/c1-9-5-3(2-8)4(6)7/h3,5,8H,2H2,1H3,(H,6,7)/t3-/m1/s1. The van der Waals surface area contributed by atoms with Crippen molar-refractivity contribution in [3.05, 3.63) is 0 Å². The second kappa shape index (κ2) is 5.11. The Labute approximate surface area is 66.0 Å². The zero-order valence-electron chi connectivity index (χ0n) is 5.00. The summed E-state index contributed by atoms with van der Waals surface area (Å²) in [4.78, 5) is 10.2. The third-order valence-electron chi connectivity index (χ3n) is 0.741. The van der Waals surface area contributed by atoms with Crippen LogP contribution in [0.5, 0.6) is 0 Å². The van der Waals surface area contributed by atoms with E-state index >= 15 is 0 Å². The Morgan fingerprint density at radius 1 is 2.00 bits per heavy atom. The quantitative estimate of drug-likeness (QED) is 0.442. The summed E-state index contributed by atoms with van der Waals surface area (Å²) in [7, 11) is 0. The van der Waals surface area contributed by atoms with Crippen molar-refractivity contribution in [2.45, 2.75) is 11.9 Å². The molecule has 0 unspecified atom stereocenters. The van der Waals surface area contributed by atoms with Crippen molar-refractivity contribution in [3.63, 3.8) is 0 Å². The van der Waals surface area contributed by atoms with Gasteiger partial charge in [0.1, 0.15) is 0 Å². The number of carbonyl (C=O) groups is 1. The number of hydrogen-bond acceptors (Lipinski definition) is 3. The normalized spacial score (nSPS) is 13.1. The average molecular weight is 214 g/mol. The van der Waals surface area contributed by atoms with E-state index in [1.165, 1.54) is 0 Å². The maximum absolute atomic E-state index is 10.2. The van der Waals surface area contributed by atoms with Crippen molar-refractivity contribution < 1.29 is 9.90 Å². The number of carboxylic acid groups (broad SMARTS) is 1. The number of thiol groups is 1. The van der Waals surface area contributed by atoms with Crippen LogP contribution in [0.4, 0.5) is 0 Å². The molecular weight excluding hydrogens is 205 g/mol. The van der Waals surface area contributed by atoms with Crippen LogP contribution in [0.15, 0.2) is 0 Å². The predicted molar refractivity (Wildman–Crippen MR) is 40.0 cm³/mol. The van der Waals surface area contributed by atoms with Crippen LogP contribution in [0.3, 0.4) is 0 Å². The van der Waals surface area contributed by atoms with Gasteiger partial charge < -0.3 is 0 Å². The molecule has 0 aromatic carbocycles. The molecule has 0 amide bonds.